The van der Waals surface area contributed by atoms with Crippen LogP contribution in [0.5, 0.6) is 0 Å². The van der Waals surface area contributed by atoms with E-state index in [2.05, 4.69) is 10.4 Å². The molecule has 1 aromatic carbocycles. The Morgan fingerprint density at radius 2 is 2.00 bits per heavy atom. The van der Waals surface area contributed by atoms with Crippen LogP contribution in [0.1, 0.15) is 24.3 Å². The highest BCUT2D eigenvalue weighted by atomic mass is 19.1. The molecule has 0 aliphatic rings. The number of benzene rings is 1. The van der Waals surface area contributed by atoms with Gasteiger partial charge in [0.15, 0.2) is 5.69 Å². The summed E-state index contributed by atoms with van der Waals surface area (Å²) >= 11 is 0. The fourth-order valence-corrected chi connectivity index (χ4v) is 1.58. The van der Waals surface area contributed by atoms with Gasteiger partial charge in [0.1, 0.15) is 5.82 Å². The molecule has 1 amide bonds. The van der Waals surface area contributed by atoms with E-state index in [1.807, 2.05) is 13.8 Å². The molecule has 2 rings (SSSR count). The van der Waals surface area contributed by atoms with Crippen LogP contribution in [0, 0.1) is 5.82 Å². The molecule has 0 saturated carbocycles. The summed E-state index contributed by atoms with van der Waals surface area (Å²) in [6, 6.07) is 7.46. The monoisotopic (exact) mass is 276 g/mol. The Bertz CT molecular complexity index is 598. The van der Waals surface area contributed by atoms with E-state index in [1.165, 1.54) is 16.8 Å². The van der Waals surface area contributed by atoms with Gasteiger partial charge in [0.2, 0.25) is 0 Å². The number of halogens is 1. The topological polar surface area (TPSA) is 72.9 Å². The lowest BCUT2D eigenvalue weighted by Crippen LogP contribution is -2.45. The SMILES string of the molecule is CC(C)(N)CNC(=O)c1ccn(-c2ccc(F)cc2)n1. The van der Waals surface area contributed by atoms with Gasteiger partial charge in [-0.2, -0.15) is 5.10 Å². The largest absolute Gasteiger partial charge is 0.349 e. The number of hydrogen-bond donors (Lipinski definition) is 2. The molecule has 0 radical (unpaired) electrons. The average Bonchev–Trinajstić information content (AvgIpc) is 2.85. The third kappa shape index (κ3) is 3.64. The van der Waals surface area contributed by atoms with Crippen molar-refractivity contribution in [3.63, 3.8) is 0 Å². The molecule has 2 aromatic rings. The summed E-state index contributed by atoms with van der Waals surface area (Å²) in [7, 11) is 0. The zero-order valence-corrected chi connectivity index (χ0v) is 11.4. The highest BCUT2D eigenvalue weighted by Crippen LogP contribution is 2.09. The van der Waals surface area contributed by atoms with E-state index in [0.29, 0.717) is 17.9 Å². The molecule has 0 aliphatic heterocycles. The molecule has 0 fully saturated rings. The van der Waals surface area contributed by atoms with Gasteiger partial charge >= 0.3 is 0 Å². The van der Waals surface area contributed by atoms with Gasteiger partial charge in [0.25, 0.3) is 5.91 Å². The molecule has 0 bridgehead atoms. The van der Waals surface area contributed by atoms with E-state index < -0.39 is 5.54 Å². The van der Waals surface area contributed by atoms with Crippen LogP contribution in [0.25, 0.3) is 5.69 Å². The Labute approximate surface area is 116 Å². The second-order valence-corrected chi connectivity index (χ2v) is 5.29. The number of aromatic nitrogens is 2. The van der Waals surface area contributed by atoms with Crippen LogP contribution in [-0.4, -0.2) is 27.8 Å². The minimum Gasteiger partial charge on any atom is -0.349 e. The first-order valence-electron chi connectivity index (χ1n) is 6.24. The summed E-state index contributed by atoms with van der Waals surface area (Å²) in [5.74, 6) is -0.603. The lowest BCUT2D eigenvalue weighted by molar-refractivity contribution is 0.0940. The van der Waals surface area contributed by atoms with Gasteiger partial charge in [-0.25, -0.2) is 9.07 Å². The highest BCUT2D eigenvalue weighted by molar-refractivity contribution is 5.92. The maximum absolute atomic E-state index is 12.8. The molecule has 3 N–H and O–H groups in total. The first-order valence-corrected chi connectivity index (χ1v) is 6.24. The number of carbonyl (C=O) groups is 1. The Balaban J connectivity index is 2.09. The smallest absolute Gasteiger partial charge is 0.271 e. The molecule has 6 heteroatoms. The second-order valence-electron chi connectivity index (χ2n) is 5.29. The average molecular weight is 276 g/mol. The van der Waals surface area contributed by atoms with Crippen LogP contribution >= 0.6 is 0 Å². The van der Waals surface area contributed by atoms with Gasteiger partial charge < -0.3 is 11.1 Å². The van der Waals surface area contributed by atoms with Crippen molar-refractivity contribution in [2.24, 2.45) is 5.73 Å². The summed E-state index contributed by atoms with van der Waals surface area (Å²) < 4.78 is 14.4. The molecule has 0 spiro atoms. The van der Waals surface area contributed by atoms with Crippen LogP contribution < -0.4 is 11.1 Å². The van der Waals surface area contributed by atoms with Crippen molar-refractivity contribution in [1.29, 1.82) is 0 Å². The minimum atomic E-state index is -0.477. The van der Waals surface area contributed by atoms with Crippen molar-refractivity contribution in [3.8, 4) is 5.69 Å². The van der Waals surface area contributed by atoms with Crippen molar-refractivity contribution in [2.75, 3.05) is 6.54 Å². The first-order chi connectivity index (χ1) is 9.35. The van der Waals surface area contributed by atoms with E-state index in [0.717, 1.165) is 0 Å². The van der Waals surface area contributed by atoms with Crippen LogP contribution in [0.15, 0.2) is 36.5 Å². The summed E-state index contributed by atoms with van der Waals surface area (Å²) in [6.45, 7) is 4.00. The molecule has 0 atom stereocenters. The van der Waals surface area contributed by atoms with Crippen molar-refractivity contribution >= 4 is 5.91 Å². The van der Waals surface area contributed by atoms with Crippen molar-refractivity contribution < 1.29 is 9.18 Å². The third-order valence-electron chi connectivity index (χ3n) is 2.62. The molecule has 1 aromatic heterocycles. The number of nitrogens with two attached hydrogens (primary N) is 1. The maximum Gasteiger partial charge on any atom is 0.271 e. The summed E-state index contributed by atoms with van der Waals surface area (Å²) in [6.07, 6.45) is 1.65. The second kappa shape index (κ2) is 5.42. The highest BCUT2D eigenvalue weighted by Gasteiger charge is 2.15. The van der Waals surface area contributed by atoms with Gasteiger partial charge in [-0.15, -0.1) is 0 Å². The molecule has 0 unspecified atom stereocenters. The normalized spacial score (nSPS) is 11.4. The maximum atomic E-state index is 12.8. The third-order valence-corrected chi connectivity index (χ3v) is 2.62. The van der Waals surface area contributed by atoms with Crippen molar-refractivity contribution in [2.45, 2.75) is 19.4 Å². The summed E-state index contributed by atoms with van der Waals surface area (Å²) in [4.78, 5) is 11.9. The quantitative estimate of drug-likeness (QED) is 0.888. The van der Waals surface area contributed by atoms with Crippen LogP contribution in [0.3, 0.4) is 0 Å². The summed E-state index contributed by atoms with van der Waals surface area (Å²) in [5.41, 5.74) is 6.29. The molecular formula is C14H17FN4O. The fraction of sp³-hybridized carbons (Fsp3) is 0.286. The Morgan fingerprint density at radius 3 is 2.60 bits per heavy atom. The zero-order valence-electron chi connectivity index (χ0n) is 11.4. The van der Waals surface area contributed by atoms with Gasteiger partial charge in [-0.3, -0.25) is 4.79 Å². The number of rotatable bonds is 4. The first kappa shape index (κ1) is 14.2. The molecule has 0 aliphatic carbocycles. The molecule has 106 valence electrons. The van der Waals surface area contributed by atoms with E-state index in [4.69, 9.17) is 5.73 Å². The molecule has 20 heavy (non-hydrogen) atoms. The number of amides is 1. The van der Waals surface area contributed by atoms with Gasteiger partial charge in [-0.1, -0.05) is 0 Å². The van der Waals surface area contributed by atoms with Crippen LogP contribution in [-0.2, 0) is 0 Å². The summed E-state index contributed by atoms with van der Waals surface area (Å²) in [5, 5.41) is 6.87. The molecule has 1 heterocycles. The van der Waals surface area contributed by atoms with Gasteiger partial charge in [0, 0.05) is 18.3 Å². The predicted octanol–water partition coefficient (Wildman–Crippen LogP) is 1.48. The standard InChI is InChI=1S/C14H17FN4O/c1-14(2,16)9-17-13(20)12-7-8-19(18-12)11-5-3-10(15)4-6-11/h3-8H,9,16H2,1-2H3,(H,17,20). The molecule has 0 saturated heterocycles. The Hall–Kier alpha value is -2.21. The predicted molar refractivity (Wildman–Crippen MR) is 74.1 cm³/mol. The number of hydrogen-bond acceptors (Lipinski definition) is 3. The van der Waals surface area contributed by atoms with E-state index in [9.17, 15) is 9.18 Å². The molecular weight excluding hydrogens is 259 g/mol. The van der Waals surface area contributed by atoms with Crippen molar-refractivity contribution in [1.82, 2.24) is 15.1 Å². The van der Waals surface area contributed by atoms with Crippen LogP contribution in [0.2, 0.25) is 0 Å². The number of nitrogens with one attached hydrogen (secondary N) is 1. The number of carbonyl (C=O) groups excluding carboxylic acids is 1. The Kier molecular flexibility index (Phi) is 3.85. The molecule has 5 nitrogen and oxygen atoms in total. The van der Waals surface area contributed by atoms with Gasteiger partial charge in [0.05, 0.1) is 5.69 Å². The van der Waals surface area contributed by atoms with E-state index >= 15 is 0 Å². The minimum absolute atomic E-state index is 0.288. The van der Waals surface area contributed by atoms with E-state index in [-0.39, 0.29) is 11.7 Å². The zero-order chi connectivity index (χ0) is 14.8. The van der Waals surface area contributed by atoms with E-state index in [1.54, 1.807) is 24.4 Å². The lowest BCUT2D eigenvalue weighted by atomic mass is 10.1. The van der Waals surface area contributed by atoms with Crippen molar-refractivity contribution in [3.05, 3.63) is 48.0 Å². The Morgan fingerprint density at radius 1 is 1.35 bits per heavy atom. The lowest BCUT2D eigenvalue weighted by Gasteiger charge is -2.18. The van der Waals surface area contributed by atoms with Crippen LogP contribution in [0.4, 0.5) is 4.39 Å². The number of nitrogens with zero attached hydrogens (tertiary/aromatic N) is 2. The van der Waals surface area contributed by atoms with Gasteiger partial charge in [-0.05, 0) is 44.2 Å². The fourth-order valence-electron chi connectivity index (χ4n) is 1.58.